The second-order valence-electron chi connectivity index (χ2n) is 3.52. The van der Waals surface area contributed by atoms with E-state index >= 15 is 0 Å². The molecule has 1 N–H and O–H groups in total. The molecule has 0 aliphatic carbocycles. The first-order chi connectivity index (χ1) is 7.00. The van der Waals surface area contributed by atoms with Crippen molar-refractivity contribution in [3.05, 3.63) is 23.1 Å². The van der Waals surface area contributed by atoms with E-state index in [9.17, 15) is 4.39 Å². The molecule has 0 bridgehead atoms. The number of aliphatic hydroxyl groups excluding tert-OH is 1. The average molecular weight is 233 g/mol. The molecule has 1 atom stereocenters. The Hall–Kier alpha value is -0.870. The van der Waals surface area contributed by atoms with Crippen LogP contribution in [0.4, 0.5) is 10.2 Å². The van der Waals surface area contributed by atoms with Crippen LogP contribution in [0.3, 0.4) is 0 Å². The zero-order valence-corrected chi connectivity index (χ0v) is 9.50. The van der Waals surface area contributed by atoms with Crippen molar-refractivity contribution in [3.8, 4) is 0 Å². The summed E-state index contributed by atoms with van der Waals surface area (Å²) in [4.78, 5) is 5.54. The highest BCUT2D eigenvalue weighted by Crippen LogP contribution is 2.18. The average Bonchev–Trinajstić information content (AvgIpc) is 2.14. The zero-order valence-electron chi connectivity index (χ0n) is 8.74. The molecule has 1 aromatic heterocycles. The van der Waals surface area contributed by atoms with Gasteiger partial charge in [0, 0.05) is 19.8 Å². The molecule has 84 valence electrons. The van der Waals surface area contributed by atoms with Gasteiger partial charge in [0.1, 0.15) is 0 Å². The van der Waals surface area contributed by atoms with Gasteiger partial charge >= 0.3 is 0 Å². The van der Waals surface area contributed by atoms with Crippen molar-refractivity contribution in [2.24, 2.45) is 0 Å². The van der Waals surface area contributed by atoms with Crippen molar-refractivity contribution in [2.75, 3.05) is 18.5 Å². The summed E-state index contributed by atoms with van der Waals surface area (Å²) in [5, 5.41) is 9.38. The van der Waals surface area contributed by atoms with Gasteiger partial charge in [-0.15, -0.1) is 0 Å². The van der Waals surface area contributed by atoms with Crippen LogP contribution in [-0.4, -0.2) is 29.8 Å². The Morgan fingerprint density at radius 1 is 1.67 bits per heavy atom. The van der Waals surface area contributed by atoms with E-state index in [-0.39, 0.29) is 10.8 Å². The molecule has 15 heavy (non-hydrogen) atoms. The van der Waals surface area contributed by atoms with Crippen molar-refractivity contribution in [1.82, 2.24) is 4.98 Å². The van der Waals surface area contributed by atoms with Gasteiger partial charge in [-0.1, -0.05) is 11.6 Å². The number of hydrogen-bond acceptors (Lipinski definition) is 3. The molecule has 0 saturated heterocycles. The number of aromatic nitrogens is 1. The van der Waals surface area contributed by atoms with Crippen molar-refractivity contribution in [2.45, 2.75) is 19.4 Å². The maximum atomic E-state index is 13.4. The van der Waals surface area contributed by atoms with Gasteiger partial charge in [0.05, 0.1) is 11.1 Å². The molecule has 0 saturated carbocycles. The number of anilines is 1. The molecule has 0 aliphatic heterocycles. The van der Waals surface area contributed by atoms with E-state index in [1.807, 2.05) is 0 Å². The van der Waals surface area contributed by atoms with Crippen LogP contribution in [0.25, 0.3) is 0 Å². The molecule has 0 radical (unpaired) electrons. The van der Waals surface area contributed by atoms with Gasteiger partial charge in [0.2, 0.25) is 0 Å². The van der Waals surface area contributed by atoms with Crippen LogP contribution in [0.15, 0.2) is 12.3 Å². The van der Waals surface area contributed by atoms with E-state index in [2.05, 4.69) is 4.98 Å². The van der Waals surface area contributed by atoms with Crippen LogP contribution in [0, 0.1) is 5.82 Å². The predicted molar refractivity (Wildman–Crippen MR) is 58.8 cm³/mol. The topological polar surface area (TPSA) is 36.4 Å². The SMILES string of the molecule is CC(O)CCN(C)c1ncc(Cl)cc1F. The predicted octanol–water partition coefficient (Wildman–Crippen LogP) is 2.08. The highest BCUT2D eigenvalue weighted by atomic mass is 35.5. The van der Waals surface area contributed by atoms with Crippen LogP contribution in [0.1, 0.15) is 13.3 Å². The molecular formula is C10H14ClFN2O. The molecule has 0 amide bonds. The summed E-state index contributed by atoms with van der Waals surface area (Å²) in [6.45, 7) is 2.24. The van der Waals surface area contributed by atoms with Crippen LogP contribution < -0.4 is 4.90 Å². The molecule has 1 rings (SSSR count). The summed E-state index contributed by atoms with van der Waals surface area (Å²) in [5.41, 5.74) is 0. The van der Waals surface area contributed by atoms with Crippen molar-refractivity contribution >= 4 is 17.4 Å². The lowest BCUT2D eigenvalue weighted by Gasteiger charge is -2.19. The summed E-state index contributed by atoms with van der Waals surface area (Å²) in [5.74, 6) is -0.198. The first-order valence-electron chi connectivity index (χ1n) is 4.71. The van der Waals surface area contributed by atoms with E-state index in [1.54, 1.807) is 18.9 Å². The second-order valence-corrected chi connectivity index (χ2v) is 3.95. The number of nitrogens with zero attached hydrogens (tertiary/aromatic N) is 2. The smallest absolute Gasteiger partial charge is 0.167 e. The van der Waals surface area contributed by atoms with Crippen LogP contribution in [-0.2, 0) is 0 Å². The van der Waals surface area contributed by atoms with E-state index in [0.29, 0.717) is 13.0 Å². The van der Waals surface area contributed by atoms with E-state index in [1.165, 1.54) is 12.3 Å². The van der Waals surface area contributed by atoms with E-state index < -0.39 is 11.9 Å². The van der Waals surface area contributed by atoms with E-state index in [4.69, 9.17) is 16.7 Å². The highest BCUT2D eigenvalue weighted by Gasteiger charge is 2.10. The Morgan fingerprint density at radius 3 is 2.87 bits per heavy atom. The van der Waals surface area contributed by atoms with Crippen molar-refractivity contribution < 1.29 is 9.50 Å². The van der Waals surface area contributed by atoms with Crippen molar-refractivity contribution in [1.29, 1.82) is 0 Å². The van der Waals surface area contributed by atoms with E-state index in [0.717, 1.165) is 0 Å². The lowest BCUT2D eigenvalue weighted by molar-refractivity contribution is 0.186. The first kappa shape index (κ1) is 12.2. The fourth-order valence-corrected chi connectivity index (χ4v) is 1.32. The third-order valence-corrected chi connectivity index (χ3v) is 2.24. The van der Waals surface area contributed by atoms with Gasteiger partial charge < -0.3 is 10.0 Å². The fourth-order valence-electron chi connectivity index (χ4n) is 1.17. The second kappa shape index (κ2) is 5.28. The summed E-state index contributed by atoms with van der Waals surface area (Å²) < 4.78 is 13.4. The Bertz CT molecular complexity index is 333. The lowest BCUT2D eigenvalue weighted by Crippen LogP contribution is -2.23. The molecule has 3 nitrogen and oxygen atoms in total. The molecule has 0 spiro atoms. The molecule has 0 aliphatic rings. The normalized spacial score (nSPS) is 12.6. The Morgan fingerprint density at radius 2 is 2.33 bits per heavy atom. The Balaban J connectivity index is 2.69. The van der Waals surface area contributed by atoms with Crippen molar-refractivity contribution in [3.63, 3.8) is 0 Å². The van der Waals surface area contributed by atoms with Gasteiger partial charge in [-0.2, -0.15) is 0 Å². The highest BCUT2D eigenvalue weighted by molar-refractivity contribution is 6.30. The van der Waals surface area contributed by atoms with Gasteiger partial charge in [-0.25, -0.2) is 9.37 Å². The lowest BCUT2D eigenvalue weighted by atomic mass is 10.3. The van der Waals surface area contributed by atoms with Crippen LogP contribution in [0.5, 0.6) is 0 Å². The number of rotatable bonds is 4. The molecule has 1 unspecified atom stereocenters. The minimum atomic E-state index is -0.449. The molecule has 1 aromatic rings. The van der Waals surface area contributed by atoms with Crippen LogP contribution >= 0.6 is 11.6 Å². The molecule has 5 heteroatoms. The minimum absolute atomic E-state index is 0.250. The number of aliphatic hydroxyl groups is 1. The molecule has 1 heterocycles. The summed E-state index contributed by atoms with van der Waals surface area (Å²) in [6.07, 6.45) is 1.57. The largest absolute Gasteiger partial charge is 0.393 e. The van der Waals surface area contributed by atoms with Gasteiger partial charge in [0.25, 0.3) is 0 Å². The summed E-state index contributed by atoms with van der Waals surface area (Å²) in [6, 6.07) is 1.22. The number of hydrogen-bond donors (Lipinski definition) is 1. The maximum absolute atomic E-state index is 13.4. The van der Waals surface area contributed by atoms with Gasteiger partial charge in [-0.05, 0) is 19.4 Å². The minimum Gasteiger partial charge on any atom is -0.393 e. The zero-order chi connectivity index (χ0) is 11.4. The quantitative estimate of drug-likeness (QED) is 0.864. The molecule has 0 fully saturated rings. The maximum Gasteiger partial charge on any atom is 0.167 e. The Labute approximate surface area is 93.5 Å². The summed E-state index contributed by atoms with van der Waals surface area (Å²) in [7, 11) is 1.72. The standard InChI is InChI=1S/C10H14ClFN2O/c1-7(15)3-4-14(2)10-9(12)5-8(11)6-13-10/h5-7,15H,3-4H2,1-2H3. The van der Waals surface area contributed by atoms with Crippen LogP contribution in [0.2, 0.25) is 5.02 Å². The number of halogens is 2. The third kappa shape index (κ3) is 3.64. The first-order valence-corrected chi connectivity index (χ1v) is 5.08. The molecule has 0 aromatic carbocycles. The Kier molecular flexibility index (Phi) is 4.29. The van der Waals surface area contributed by atoms with Gasteiger partial charge in [-0.3, -0.25) is 0 Å². The molecular weight excluding hydrogens is 219 g/mol. The summed E-state index contributed by atoms with van der Waals surface area (Å²) >= 11 is 5.59. The monoisotopic (exact) mass is 232 g/mol. The third-order valence-electron chi connectivity index (χ3n) is 2.03. The fraction of sp³-hybridized carbons (Fsp3) is 0.500. The van der Waals surface area contributed by atoms with Gasteiger partial charge in [0.15, 0.2) is 11.6 Å². The number of pyridine rings is 1.